The molecule has 10 heteroatoms. The van der Waals surface area contributed by atoms with Gasteiger partial charge in [-0.05, 0) is 109 Å². The second-order valence-electron chi connectivity index (χ2n) is 19.9. The summed E-state index contributed by atoms with van der Waals surface area (Å²) in [5, 5.41) is 0. The minimum absolute atomic E-state index is 0.0388. The molecule has 0 aromatic carbocycles. The van der Waals surface area contributed by atoms with E-state index in [0.29, 0.717) is 23.9 Å². The van der Waals surface area contributed by atoms with Gasteiger partial charge in [0.25, 0.3) is 7.82 Å². The highest BCUT2D eigenvalue weighted by Crippen LogP contribution is 2.38. The summed E-state index contributed by atoms with van der Waals surface area (Å²) in [6.45, 7) is 4.06. The van der Waals surface area contributed by atoms with Gasteiger partial charge in [-0.1, -0.05) is 212 Å². The molecule has 0 aliphatic heterocycles. The molecular weight excluding hydrogens is 930 g/mol. The maximum atomic E-state index is 12.8. The zero-order valence-corrected chi connectivity index (χ0v) is 47.9. The summed E-state index contributed by atoms with van der Waals surface area (Å²) >= 11 is 0. The number of rotatable bonds is 51. The number of allylic oxidation sites excluding steroid dienone is 20. The number of carbonyl (C=O) groups excluding carboxylic acids is 2. The molecule has 0 fully saturated rings. The van der Waals surface area contributed by atoms with Crippen molar-refractivity contribution in [2.24, 2.45) is 0 Å². The first-order valence-electron chi connectivity index (χ1n) is 28.7. The van der Waals surface area contributed by atoms with Crippen LogP contribution in [0.5, 0.6) is 0 Å². The van der Waals surface area contributed by atoms with Gasteiger partial charge in [-0.2, -0.15) is 0 Å². The minimum atomic E-state index is -4.64. The number of nitrogens with zero attached hydrogens (tertiary/aromatic N) is 1. The van der Waals surface area contributed by atoms with Crippen LogP contribution in [0.4, 0.5) is 0 Å². The van der Waals surface area contributed by atoms with Crippen molar-refractivity contribution in [2.75, 3.05) is 47.5 Å². The van der Waals surface area contributed by atoms with Crippen LogP contribution in [0.25, 0.3) is 0 Å². The number of carbonyl (C=O) groups is 2. The van der Waals surface area contributed by atoms with Crippen LogP contribution < -0.4 is 4.89 Å². The number of esters is 2. The molecule has 73 heavy (non-hydrogen) atoms. The molecule has 0 radical (unpaired) electrons. The van der Waals surface area contributed by atoms with Crippen LogP contribution in [0, 0.1) is 0 Å². The summed E-state index contributed by atoms with van der Waals surface area (Å²) in [5.41, 5.74) is 0. The molecule has 0 saturated carbocycles. The summed E-state index contributed by atoms with van der Waals surface area (Å²) in [6.07, 6.45) is 75.4. The Labute approximate surface area is 448 Å². The lowest BCUT2D eigenvalue weighted by Crippen LogP contribution is -2.37. The Kier molecular flexibility index (Phi) is 50.6. The van der Waals surface area contributed by atoms with Crippen LogP contribution in [-0.2, 0) is 32.7 Å². The van der Waals surface area contributed by atoms with E-state index in [-0.39, 0.29) is 26.1 Å². The van der Waals surface area contributed by atoms with Gasteiger partial charge in [0.1, 0.15) is 19.8 Å². The standard InChI is InChI=1S/C63H106NO8P/c1-6-8-10-12-14-16-18-20-21-22-23-24-25-26-27-28-29-30-31-32-33-34-35-36-37-38-39-40-41-42-43-44-46-48-50-52-54-56-63(66)72-61(60-71-73(67,68)70-58-57-64(3,4)5)59-69-62(65)55-53-51-49-47-45-19-17-15-13-11-9-7-2/h8,10,14-17,20-21,23-24,26-27,29-30,32-33,35-36,38-39,61H,6-7,9,11-13,18-19,22,25,28,31,34,37,40-60H2,1-5H3/b10-8-,16-14-,17-15-,21-20-,24-23-,27-26-,30-29-,33-32-,36-35-,39-38-. The van der Waals surface area contributed by atoms with Gasteiger partial charge in [-0.3, -0.25) is 14.2 Å². The normalized spacial score (nSPS) is 14.2. The van der Waals surface area contributed by atoms with E-state index in [1.165, 1.54) is 51.4 Å². The zero-order chi connectivity index (χ0) is 53.5. The van der Waals surface area contributed by atoms with E-state index in [1.807, 2.05) is 21.1 Å². The van der Waals surface area contributed by atoms with Gasteiger partial charge in [-0.15, -0.1) is 0 Å². The lowest BCUT2D eigenvalue weighted by molar-refractivity contribution is -0.870. The molecule has 0 aromatic rings. The number of phosphoric ester groups is 1. The minimum Gasteiger partial charge on any atom is -0.756 e. The van der Waals surface area contributed by atoms with E-state index < -0.39 is 32.5 Å². The second kappa shape index (κ2) is 53.2. The lowest BCUT2D eigenvalue weighted by atomic mass is 10.1. The molecule has 0 aliphatic rings. The topological polar surface area (TPSA) is 111 Å². The molecule has 0 amide bonds. The molecule has 0 rings (SSSR count). The molecule has 2 atom stereocenters. The second-order valence-corrected chi connectivity index (χ2v) is 21.3. The molecule has 0 N–H and O–H groups in total. The summed E-state index contributed by atoms with van der Waals surface area (Å²) in [7, 11) is 1.14. The van der Waals surface area contributed by atoms with Crippen LogP contribution in [0.2, 0.25) is 0 Å². The smallest absolute Gasteiger partial charge is 0.306 e. The van der Waals surface area contributed by atoms with Crippen molar-refractivity contribution in [3.8, 4) is 0 Å². The summed E-state index contributed by atoms with van der Waals surface area (Å²) in [4.78, 5) is 37.7. The number of hydrogen-bond donors (Lipinski definition) is 0. The molecule has 9 nitrogen and oxygen atoms in total. The third-order valence-electron chi connectivity index (χ3n) is 11.7. The van der Waals surface area contributed by atoms with Crippen LogP contribution >= 0.6 is 7.82 Å². The van der Waals surface area contributed by atoms with E-state index in [0.717, 1.165) is 122 Å². The van der Waals surface area contributed by atoms with Gasteiger partial charge in [0.15, 0.2) is 6.10 Å². The first-order valence-corrected chi connectivity index (χ1v) is 30.2. The van der Waals surface area contributed by atoms with Crippen LogP contribution in [0.1, 0.15) is 213 Å². The van der Waals surface area contributed by atoms with Crippen molar-refractivity contribution >= 4 is 19.8 Å². The SMILES string of the molecule is CC/C=C\C/C=C\C/C=C\C/C=C\C/C=C\C/C=C\C/C=C\C/C=C\C/C=C\CCCCCCCCCCCC(=O)OC(COC(=O)CCCCCCC/C=C\CCCCC)COP(=O)([O-])OCC[N+](C)(C)C. The molecular formula is C63H106NO8P. The Balaban J connectivity index is 4.12. The first-order chi connectivity index (χ1) is 35.5. The summed E-state index contributed by atoms with van der Waals surface area (Å²) in [5.74, 6) is -0.859. The third-order valence-corrected chi connectivity index (χ3v) is 12.7. The lowest BCUT2D eigenvalue weighted by Gasteiger charge is -2.28. The number of quaternary nitrogens is 1. The van der Waals surface area contributed by atoms with Gasteiger partial charge < -0.3 is 27.9 Å². The van der Waals surface area contributed by atoms with Crippen molar-refractivity contribution in [1.29, 1.82) is 0 Å². The van der Waals surface area contributed by atoms with Crippen LogP contribution in [0.3, 0.4) is 0 Å². The highest BCUT2D eigenvalue weighted by Gasteiger charge is 2.21. The molecule has 0 aromatic heterocycles. The average Bonchev–Trinajstić information content (AvgIpc) is 3.35. The van der Waals surface area contributed by atoms with Gasteiger partial charge in [0.2, 0.25) is 0 Å². The zero-order valence-electron chi connectivity index (χ0n) is 47.0. The Morgan fingerprint density at radius 3 is 1.18 bits per heavy atom. The quantitative estimate of drug-likeness (QED) is 0.0195. The predicted octanol–water partition coefficient (Wildman–Crippen LogP) is 17.3. The largest absolute Gasteiger partial charge is 0.756 e. The van der Waals surface area contributed by atoms with Crippen molar-refractivity contribution in [3.63, 3.8) is 0 Å². The Morgan fingerprint density at radius 2 is 0.781 bits per heavy atom. The molecule has 416 valence electrons. The summed E-state index contributed by atoms with van der Waals surface area (Å²) < 4.78 is 34.0. The summed E-state index contributed by atoms with van der Waals surface area (Å²) in [6, 6.07) is 0. The maximum absolute atomic E-state index is 12.8. The fraction of sp³-hybridized carbons (Fsp3) is 0.651. The highest BCUT2D eigenvalue weighted by atomic mass is 31.2. The fourth-order valence-corrected chi connectivity index (χ4v) is 8.02. The number of unbranched alkanes of at least 4 members (excludes halogenated alkanes) is 17. The fourth-order valence-electron chi connectivity index (χ4n) is 7.29. The first kappa shape index (κ1) is 69.4. The highest BCUT2D eigenvalue weighted by molar-refractivity contribution is 7.45. The predicted molar refractivity (Wildman–Crippen MR) is 309 cm³/mol. The maximum Gasteiger partial charge on any atom is 0.306 e. The van der Waals surface area contributed by atoms with E-state index in [1.54, 1.807) is 0 Å². The van der Waals surface area contributed by atoms with Crippen molar-refractivity contribution in [1.82, 2.24) is 0 Å². The molecule has 0 saturated heterocycles. The molecule has 0 bridgehead atoms. The van der Waals surface area contributed by atoms with Gasteiger partial charge in [0, 0.05) is 12.8 Å². The number of hydrogen-bond acceptors (Lipinski definition) is 8. The van der Waals surface area contributed by atoms with Crippen molar-refractivity contribution < 1.29 is 42.1 Å². The van der Waals surface area contributed by atoms with E-state index >= 15 is 0 Å². The number of ether oxygens (including phenoxy) is 2. The van der Waals surface area contributed by atoms with E-state index in [4.69, 9.17) is 18.5 Å². The van der Waals surface area contributed by atoms with Gasteiger partial charge in [-0.25, -0.2) is 0 Å². The van der Waals surface area contributed by atoms with Crippen LogP contribution in [-0.4, -0.2) is 70.0 Å². The van der Waals surface area contributed by atoms with E-state index in [2.05, 4.69) is 135 Å². The molecule has 0 heterocycles. The van der Waals surface area contributed by atoms with E-state index in [9.17, 15) is 19.0 Å². The van der Waals surface area contributed by atoms with Crippen LogP contribution in [0.15, 0.2) is 122 Å². The number of phosphoric acid groups is 1. The van der Waals surface area contributed by atoms with Gasteiger partial charge >= 0.3 is 11.9 Å². The Hall–Kier alpha value is -3.59. The van der Waals surface area contributed by atoms with Crippen molar-refractivity contribution in [2.45, 2.75) is 219 Å². The molecule has 2 unspecified atom stereocenters. The average molecular weight is 1040 g/mol. The van der Waals surface area contributed by atoms with Gasteiger partial charge in [0.05, 0.1) is 27.7 Å². The number of likely N-dealkylation sites (N-methyl/N-ethyl adjacent to an activating group) is 1. The Morgan fingerprint density at radius 1 is 0.438 bits per heavy atom. The Bertz CT molecular complexity index is 1650. The monoisotopic (exact) mass is 1040 g/mol. The molecule has 0 aliphatic carbocycles. The molecule has 0 spiro atoms. The van der Waals surface area contributed by atoms with Crippen molar-refractivity contribution in [3.05, 3.63) is 122 Å². The third kappa shape index (κ3) is 57.5.